The Bertz CT molecular complexity index is 268. The fourth-order valence-corrected chi connectivity index (χ4v) is 0.897. The van der Waals surface area contributed by atoms with E-state index in [1.54, 1.807) is 0 Å². The van der Waals surface area contributed by atoms with Crippen LogP contribution in [0.3, 0.4) is 0 Å². The van der Waals surface area contributed by atoms with Gasteiger partial charge in [0.15, 0.2) is 0 Å². The minimum Gasteiger partial charge on any atom is 0 e. The molecule has 0 aromatic rings. The molecule has 1 aliphatic rings. The van der Waals surface area contributed by atoms with Gasteiger partial charge in [-0.15, -0.1) is 0 Å². The van der Waals surface area contributed by atoms with E-state index in [1.807, 2.05) is 24.9 Å². The molecule has 6 nitrogen and oxygen atoms in total. The molecule has 7 heteroatoms. The first-order valence-corrected chi connectivity index (χ1v) is 3.99. The first kappa shape index (κ1) is 30.1. The van der Waals surface area contributed by atoms with Gasteiger partial charge in [0.25, 0.3) is 0 Å². The minimum atomic E-state index is 0. The summed E-state index contributed by atoms with van der Waals surface area (Å²) in [6.45, 7) is 18.0. The molecule has 0 atom stereocenters. The van der Waals surface area contributed by atoms with Gasteiger partial charge < -0.3 is 4.90 Å². The van der Waals surface area contributed by atoms with Crippen molar-refractivity contribution < 1.29 is 40.8 Å². The van der Waals surface area contributed by atoms with Gasteiger partial charge in [0.05, 0.1) is 0 Å². The molecule has 18 heavy (non-hydrogen) atoms. The maximum atomic E-state index is 10.2. The van der Waals surface area contributed by atoms with Crippen LogP contribution in [0.5, 0.6) is 0 Å². The summed E-state index contributed by atoms with van der Waals surface area (Å²) in [5.74, 6) is 2.48. The van der Waals surface area contributed by atoms with Gasteiger partial charge in [-0.05, 0) is 12.8 Å². The minimum absolute atomic E-state index is 0. The Balaban J connectivity index is -0.0000000542. The smallest absolute Gasteiger partial charge is 0 e. The molecule has 0 N–H and O–H groups in total. The summed E-state index contributed by atoms with van der Waals surface area (Å²) in [6, 6.07) is 0. The predicted octanol–water partition coefficient (Wildman–Crippen LogP) is 0.521. The molecule has 0 spiro atoms. The van der Waals surface area contributed by atoms with Gasteiger partial charge in [0.1, 0.15) is 11.6 Å². The number of rotatable bonds is 2. The van der Waals surface area contributed by atoms with Gasteiger partial charge in [-0.3, -0.25) is 0 Å². The number of hydrogen-bond acceptors (Lipinski definition) is 2. The van der Waals surface area contributed by atoms with Crippen molar-refractivity contribution in [2.24, 2.45) is 5.92 Å². The van der Waals surface area contributed by atoms with E-state index in [9.17, 15) is 4.79 Å². The van der Waals surface area contributed by atoms with Crippen LogP contribution in [0.15, 0.2) is 5.70 Å². The maximum absolute atomic E-state index is 10.2. The number of carbonyl (C=O) groups excluding carboxylic acids is 1. The van der Waals surface area contributed by atoms with E-state index in [-0.39, 0.29) is 17.4 Å². The molecular weight excluding hydrogens is 278 g/mol. The summed E-state index contributed by atoms with van der Waals surface area (Å²) in [4.78, 5) is 12.1. The Morgan fingerprint density at radius 3 is 1.33 bits per heavy atom. The van der Waals surface area contributed by atoms with E-state index in [4.69, 9.17) is 18.6 Å². The molecule has 1 aliphatic carbocycles. The van der Waals surface area contributed by atoms with Gasteiger partial charge >= 0.3 is 45.2 Å². The largest absolute Gasteiger partial charge is 0 e. The zero-order valence-corrected chi connectivity index (χ0v) is 11.2. The summed E-state index contributed by atoms with van der Waals surface area (Å²) in [7, 11) is 3.77. The summed E-state index contributed by atoms with van der Waals surface area (Å²) >= 11 is 0. The Kier molecular flexibility index (Phi) is 49.6. The summed E-state index contributed by atoms with van der Waals surface area (Å²) in [5.41, 5.74) is 0.829. The first-order valence-electron chi connectivity index (χ1n) is 3.99. The Morgan fingerprint density at radius 2 is 1.28 bits per heavy atom. The second-order valence-corrected chi connectivity index (χ2v) is 2.66. The predicted molar refractivity (Wildman–Crippen MR) is 51.3 cm³/mol. The monoisotopic (exact) mass is 289 g/mol. The first-order chi connectivity index (χ1) is 8.25. The van der Waals surface area contributed by atoms with Gasteiger partial charge in [-0.25, -0.2) is 4.79 Å². The molecule has 0 bridgehead atoms. The van der Waals surface area contributed by atoms with Gasteiger partial charge in [0.2, 0.25) is 0 Å². The molecule has 1 rings (SSSR count). The van der Waals surface area contributed by atoms with Crippen LogP contribution in [0.1, 0.15) is 12.8 Å². The Morgan fingerprint density at radius 1 is 1.00 bits per heavy atom. The van der Waals surface area contributed by atoms with Crippen LogP contribution < -0.4 is 0 Å². The van der Waals surface area contributed by atoms with E-state index in [2.05, 4.69) is 26.6 Å². The fraction of sp³-hybridized carbons (Fsp3) is 0.455. The molecule has 96 valence electrons. The van der Waals surface area contributed by atoms with Crippen LogP contribution in [0.25, 0.3) is 0 Å². The van der Waals surface area contributed by atoms with Crippen LogP contribution in [0.4, 0.5) is 0 Å². The summed E-state index contributed by atoms with van der Waals surface area (Å²) < 4.78 is 30.0. The van der Waals surface area contributed by atoms with Gasteiger partial charge in [-0.1, -0.05) is 0 Å². The van der Waals surface area contributed by atoms with Crippen molar-refractivity contribution in [2.45, 2.75) is 12.8 Å². The van der Waals surface area contributed by atoms with Crippen LogP contribution in [0, 0.1) is 32.5 Å². The Labute approximate surface area is 117 Å². The zero-order valence-electron chi connectivity index (χ0n) is 9.89. The van der Waals surface area contributed by atoms with Crippen molar-refractivity contribution in [1.82, 2.24) is 4.90 Å². The van der Waals surface area contributed by atoms with Crippen molar-refractivity contribution in [3.8, 4) is 0 Å². The standard InChI is InChI=1S/C7H11NO.4CO.Cr/c1-8(2)7(5-9)6-3-4-6;4*1-2;/h6H,3-4H2,1-2H3;;;;;. The van der Waals surface area contributed by atoms with Crippen molar-refractivity contribution in [1.29, 1.82) is 0 Å². The third-order valence-corrected chi connectivity index (χ3v) is 1.55. The molecule has 0 aliphatic heterocycles. The SMILES string of the molecule is CN(C)C(=C=O)C1CC1.[C-]#[O+].[C-]#[O+].[C-]#[O+].[C-]#[O+].[Cr]. The number of hydrogen-bond donors (Lipinski definition) is 0. The van der Waals surface area contributed by atoms with E-state index in [1.165, 1.54) is 12.8 Å². The zero-order chi connectivity index (χ0) is 14.9. The molecule has 0 heterocycles. The van der Waals surface area contributed by atoms with Crippen LogP contribution in [0.2, 0.25) is 0 Å². The molecule has 0 amide bonds. The van der Waals surface area contributed by atoms with E-state index < -0.39 is 0 Å². The molecule has 1 saturated carbocycles. The van der Waals surface area contributed by atoms with E-state index >= 15 is 0 Å². The third kappa shape index (κ3) is 20.2. The molecular formula is C11H11CrNO5. The van der Waals surface area contributed by atoms with Crippen LogP contribution in [-0.4, -0.2) is 24.9 Å². The second kappa shape index (κ2) is 29.6. The third-order valence-electron chi connectivity index (χ3n) is 1.55. The molecule has 0 aromatic heterocycles. The van der Waals surface area contributed by atoms with Crippen molar-refractivity contribution in [3.63, 3.8) is 0 Å². The van der Waals surface area contributed by atoms with Crippen molar-refractivity contribution >= 4 is 5.94 Å². The second-order valence-electron chi connectivity index (χ2n) is 2.66. The summed E-state index contributed by atoms with van der Waals surface area (Å²) in [5, 5.41) is 0. The number of nitrogens with zero attached hydrogens (tertiary/aromatic N) is 1. The number of allylic oxidation sites excluding steroid dienone is 1. The molecule has 0 saturated heterocycles. The summed E-state index contributed by atoms with van der Waals surface area (Å²) in [6.07, 6.45) is 2.34. The topological polar surface area (TPSA) is 99.9 Å². The van der Waals surface area contributed by atoms with Gasteiger partial charge in [-0.2, -0.15) is 0 Å². The van der Waals surface area contributed by atoms with E-state index in [0.717, 1.165) is 5.70 Å². The average molecular weight is 289 g/mol. The fourth-order valence-electron chi connectivity index (χ4n) is 0.897. The molecule has 0 aromatic carbocycles. The van der Waals surface area contributed by atoms with Crippen LogP contribution >= 0.6 is 0 Å². The Hall–Kier alpha value is -1.26. The molecule has 0 radical (unpaired) electrons. The van der Waals surface area contributed by atoms with Crippen LogP contribution in [-0.2, 0) is 40.8 Å². The average Bonchev–Trinajstić information content (AvgIpc) is 3.24. The van der Waals surface area contributed by atoms with Crippen molar-refractivity contribution in [2.75, 3.05) is 14.1 Å². The molecule has 1 fully saturated rings. The van der Waals surface area contributed by atoms with Gasteiger partial charge in [0, 0.05) is 37.4 Å². The van der Waals surface area contributed by atoms with E-state index in [0.29, 0.717) is 5.92 Å². The normalized spacial score (nSPS) is 8.78. The van der Waals surface area contributed by atoms with Crippen molar-refractivity contribution in [3.05, 3.63) is 32.3 Å². The maximum Gasteiger partial charge on any atom is 0 e. The molecule has 0 unspecified atom stereocenters. The quantitative estimate of drug-likeness (QED) is 0.420.